The van der Waals surface area contributed by atoms with E-state index in [1.807, 2.05) is 0 Å². The normalized spacial score (nSPS) is 23.9. The largest absolute Gasteiger partial charge is 0.324 e. The number of fused-ring (bicyclic) bond motifs is 1. The van der Waals surface area contributed by atoms with Crippen molar-refractivity contribution in [3.63, 3.8) is 0 Å². The molecule has 0 saturated carbocycles. The zero-order valence-electron chi connectivity index (χ0n) is 6.00. The van der Waals surface area contributed by atoms with Crippen LogP contribution in [0.1, 0.15) is 13.3 Å². The predicted molar refractivity (Wildman–Crippen MR) is 45.0 cm³/mol. The molecule has 0 N–H and O–H groups in total. The molecule has 0 unspecified atom stereocenters. The van der Waals surface area contributed by atoms with E-state index in [2.05, 4.69) is 22.2 Å². The molecule has 0 aromatic carbocycles. The Morgan fingerprint density at radius 2 is 2.60 bits per heavy atom. The van der Waals surface area contributed by atoms with E-state index in [1.165, 1.54) is 17.3 Å². The molecule has 0 fully saturated rings. The van der Waals surface area contributed by atoms with Gasteiger partial charge in [-0.15, -0.1) is 0 Å². The molecule has 0 aromatic rings. The topological polar surface area (TPSA) is 15.6 Å². The number of allylic oxidation sites excluding steroid dienone is 1. The first-order chi connectivity index (χ1) is 4.88. The van der Waals surface area contributed by atoms with Gasteiger partial charge in [-0.25, -0.2) is 0 Å². The molecule has 0 saturated heterocycles. The van der Waals surface area contributed by atoms with Gasteiger partial charge >= 0.3 is 0 Å². The van der Waals surface area contributed by atoms with Crippen molar-refractivity contribution in [2.24, 2.45) is 4.99 Å². The van der Waals surface area contributed by atoms with Crippen LogP contribution in [-0.4, -0.2) is 23.2 Å². The van der Waals surface area contributed by atoms with E-state index < -0.39 is 0 Å². The molecule has 0 radical (unpaired) electrons. The zero-order valence-corrected chi connectivity index (χ0v) is 6.82. The fraction of sp³-hybridized carbons (Fsp3) is 0.571. The molecule has 10 heavy (non-hydrogen) atoms. The molecule has 2 nitrogen and oxygen atoms in total. The summed E-state index contributed by atoms with van der Waals surface area (Å²) in [6.07, 6.45) is 1.20. The second-order valence-electron chi connectivity index (χ2n) is 2.55. The van der Waals surface area contributed by atoms with Crippen molar-refractivity contribution in [2.75, 3.05) is 13.1 Å². The third-order valence-electron chi connectivity index (χ3n) is 1.78. The van der Waals surface area contributed by atoms with Gasteiger partial charge < -0.3 is 4.90 Å². The number of rotatable bonds is 0. The van der Waals surface area contributed by atoms with Crippen LogP contribution in [0.3, 0.4) is 0 Å². The molecule has 0 aliphatic carbocycles. The molecule has 0 aromatic heterocycles. The van der Waals surface area contributed by atoms with Gasteiger partial charge in [0.2, 0.25) is 0 Å². The van der Waals surface area contributed by atoms with Crippen molar-refractivity contribution in [3.05, 3.63) is 11.1 Å². The van der Waals surface area contributed by atoms with Crippen LogP contribution in [0.4, 0.5) is 0 Å². The molecule has 2 rings (SSSR count). The summed E-state index contributed by atoms with van der Waals surface area (Å²) < 4.78 is 0. The molecule has 0 spiro atoms. The summed E-state index contributed by atoms with van der Waals surface area (Å²) in [5.74, 6) is 0. The monoisotopic (exact) mass is 154 g/mol. The van der Waals surface area contributed by atoms with Gasteiger partial charge in [0.05, 0.1) is 0 Å². The quantitative estimate of drug-likeness (QED) is 0.527. The zero-order chi connectivity index (χ0) is 6.97. The van der Waals surface area contributed by atoms with Crippen molar-refractivity contribution in [1.29, 1.82) is 0 Å². The number of amidine groups is 1. The van der Waals surface area contributed by atoms with Gasteiger partial charge in [-0.05, 0) is 18.8 Å². The second kappa shape index (κ2) is 2.31. The van der Waals surface area contributed by atoms with Gasteiger partial charge in [0.25, 0.3) is 0 Å². The SMILES string of the molecule is CC1=CSC2=NCCCN12. The lowest BCUT2D eigenvalue weighted by atomic mass is 10.3. The average molecular weight is 154 g/mol. The minimum absolute atomic E-state index is 1.01. The molecule has 2 aliphatic rings. The lowest BCUT2D eigenvalue weighted by Gasteiger charge is -2.23. The van der Waals surface area contributed by atoms with E-state index in [-0.39, 0.29) is 0 Å². The van der Waals surface area contributed by atoms with Gasteiger partial charge in [0.1, 0.15) is 0 Å². The van der Waals surface area contributed by atoms with Gasteiger partial charge in [0, 0.05) is 18.8 Å². The summed E-state index contributed by atoms with van der Waals surface area (Å²) in [6.45, 7) is 4.31. The van der Waals surface area contributed by atoms with E-state index in [9.17, 15) is 0 Å². The number of hydrogen-bond acceptors (Lipinski definition) is 3. The highest BCUT2D eigenvalue weighted by Crippen LogP contribution is 2.27. The minimum Gasteiger partial charge on any atom is -0.324 e. The van der Waals surface area contributed by atoms with Crippen molar-refractivity contribution in [3.8, 4) is 0 Å². The molecular weight excluding hydrogens is 144 g/mol. The Hall–Kier alpha value is -0.440. The van der Waals surface area contributed by atoms with Crippen molar-refractivity contribution < 1.29 is 0 Å². The maximum Gasteiger partial charge on any atom is 0.167 e. The van der Waals surface area contributed by atoms with Crippen LogP contribution in [-0.2, 0) is 0 Å². The van der Waals surface area contributed by atoms with Crippen LogP contribution in [0.5, 0.6) is 0 Å². The van der Waals surface area contributed by atoms with E-state index in [0.717, 1.165) is 13.1 Å². The summed E-state index contributed by atoms with van der Waals surface area (Å²) in [7, 11) is 0. The fourth-order valence-electron chi connectivity index (χ4n) is 1.21. The van der Waals surface area contributed by atoms with Crippen LogP contribution in [0.2, 0.25) is 0 Å². The first-order valence-corrected chi connectivity index (χ1v) is 4.41. The third-order valence-corrected chi connectivity index (χ3v) is 2.80. The Balaban J connectivity index is 2.25. The highest BCUT2D eigenvalue weighted by molar-refractivity contribution is 8.16. The molecule has 3 heteroatoms. The first kappa shape index (κ1) is 6.28. The third kappa shape index (κ3) is 0.850. The number of aliphatic imine (C=N–C) groups is 1. The van der Waals surface area contributed by atoms with E-state index >= 15 is 0 Å². The average Bonchev–Trinajstić information content (AvgIpc) is 2.34. The minimum atomic E-state index is 1.01. The maximum atomic E-state index is 4.40. The van der Waals surface area contributed by atoms with Crippen LogP contribution in [0.25, 0.3) is 0 Å². The fourth-order valence-corrected chi connectivity index (χ4v) is 2.15. The van der Waals surface area contributed by atoms with Crippen molar-refractivity contribution >= 4 is 16.9 Å². The lowest BCUT2D eigenvalue weighted by Crippen LogP contribution is -2.28. The molecule has 0 atom stereocenters. The van der Waals surface area contributed by atoms with Gasteiger partial charge in [-0.3, -0.25) is 4.99 Å². The smallest absolute Gasteiger partial charge is 0.167 e. The van der Waals surface area contributed by atoms with Gasteiger partial charge in [-0.2, -0.15) is 0 Å². The maximum absolute atomic E-state index is 4.40. The Kier molecular flexibility index (Phi) is 1.45. The van der Waals surface area contributed by atoms with Crippen LogP contribution >= 0.6 is 11.8 Å². The lowest BCUT2D eigenvalue weighted by molar-refractivity contribution is 0.489. The number of nitrogens with zero attached hydrogens (tertiary/aromatic N) is 2. The molecule has 54 valence electrons. The summed E-state index contributed by atoms with van der Waals surface area (Å²) in [5.41, 5.74) is 1.35. The van der Waals surface area contributed by atoms with E-state index in [1.54, 1.807) is 11.8 Å². The molecule has 2 aliphatic heterocycles. The number of thioether (sulfide) groups is 1. The Labute approximate surface area is 65.0 Å². The molecule has 2 heterocycles. The van der Waals surface area contributed by atoms with Crippen LogP contribution < -0.4 is 0 Å². The number of hydrogen-bond donors (Lipinski definition) is 0. The summed E-state index contributed by atoms with van der Waals surface area (Å²) >= 11 is 1.75. The Bertz CT molecular complexity index is 208. The predicted octanol–water partition coefficient (Wildman–Crippen LogP) is 1.66. The van der Waals surface area contributed by atoms with Gasteiger partial charge in [0.15, 0.2) is 5.17 Å². The first-order valence-electron chi connectivity index (χ1n) is 3.53. The van der Waals surface area contributed by atoms with Crippen molar-refractivity contribution in [1.82, 2.24) is 4.90 Å². The molecular formula is C7H10N2S. The molecule has 0 bridgehead atoms. The van der Waals surface area contributed by atoms with Crippen molar-refractivity contribution in [2.45, 2.75) is 13.3 Å². The Morgan fingerprint density at radius 1 is 1.70 bits per heavy atom. The summed E-state index contributed by atoms with van der Waals surface area (Å²) in [5, 5.41) is 3.37. The van der Waals surface area contributed by atoms with Crippen LogP contribution in [0, 0.1) is 0 Å². The summed E-state index contributed by atoms with van der Waals surface area (Å²) in [6, 6.07) is 0. The second-order valence-corrected chi connectivity index (χ2v) is 3.38. The van der Waals surface area contributed by atoms with Gasteiger partial charge in [-0.1, -0.05) is 11.8 Å². The highest BCUT2D eigenvalue weighted by atomic mass is 32.2. The van der Waals surface area contributed by atoms with E-state index in [0.29, 0.717) is 0 Å². The summed E-state index contributed by atoms with van der Waals surface area (Å²) in [4.78, 5) is 6.68. The molecule has 0 amide bonds. The Morgan fingerprint density at radius 3 is 3.40 bits per heavy atom. The van der Waals surface area contributed by atoms with Crippen LogP contribution in [0.15, 0.2) is 16.1 Å². The highest BCUT2D eigenvalue weighted by Gasteiger charge is 2.21. The standard InChI is InChI=1S/C7H10N2S/c1-6-5-10-7-8-3-2-4-9(6)7/h5H,2-4H2,1H3. The van der Waals surface area contributed by atoms with E-state index in [4.69, 9.17) is 0 Å².